The lowest BCUT2D eigenvalue weighted by Gasteiger charge is -2.13. The minimum absolute atomic E-state index is 0.279. The first kappa shape index (κ1) is 32.1. The fourth-order valence-corrected chi connectivity index (χ4v) is 3.28. The molecule has 0 heterocycles. The summed E-state index contributed by atoms with van der Waals surface area (Å²) in [7, 11) is 0. The summed E-state index contributed by atoms with van der Waals surface area (Å²) in [6.07, 6.45) is 5.65. The van der Waals surface area contributed by atoms with Crippen molar-refractivity contribution in [3.63, 3.8) is 0 Å². The molecule has 6 N–H and O–H groups in total. The number of ether oxygens (including phenoxy) is 4. The lowest BCUT2D eigenvalue weighted by Crippen LogP contribution is -2.14. The van der Waals surface area contributed by atoms with Crippen LogP contribution in [0.5, 0.6) is 23.0 Å². The summed E-state index contributed by atoms with van der Waals surface area (Å²) in [5.74, 6) is 1.36. The van der Waals surface area contributed by atoms with E-state index in [2.05, 4.69) is 9.67 Å². The topological polar surface area (TPSA) is 147 Å². The molecule has 39 heavy (non-hydrogen) atoms. The summed E-state index contributed by atoms with van der Waals surface area (Å²) in [6.45, 7) is 2.87. The molecular weight excluding hydrogens is 547 g/mol. The molecule has 0 amide bonds. The predicted molar refractivity (Wildman–Crippen MR) is 153 cm³/mol. The highest BCUT2D eigenvalue weighted by Gasteiger charge is 2.09. The Kier molecular flexibility index (Phi) is 15.7. The number of carbonyl (C=O) groups excluding carboxylic acids is 2. The maximum Gasteiger partial charge on any atom is 0.163 e. The monoisotopic (exact) mass is 580 g/mol. The van der Waals surface area contributed by atoms with Crippen LogP contribution < -0.4 is 40.1 Å². The average molecular weight is 581 g/mol. The number of hydrogen-bond acceptors (Lipinski definition) is 10. The van der Waals surface area contributed by atoms with E-state index in [1.807, 2.05) is 0 Å². The molecule has 212 valence electrons. The molecule has 0 aliphatic rings. The van der Waals surface area contributed by atoms with Crippen molar-refractivity contribution in [1.82, 2.24) is 9.67 Å². The number of hydrogen-bond donors (Lipinski definition) is 4. The van der Waals surface area contributed by atoms with Gasteiger partial charge < -0.3 is 30.4 Å². The number of nitrogens with two attached hydrogens (primary N) is 2. The van der Waals surface area contributed by atoms with Gasteiger partial charge in [0.1, 0.15) is 26.4 Å². The number of halogens is 2. The van der Waals surface area contributed by atoms with E-state index in [0.29, 0.717) is 86.7 Å². The Morgan fingerprint density at radius 1 is 0.667 bits per heavy atom. The molecule has 0 aliphatic carbocycles. The van der Waals surface area contributed by atoms with Crippen molar-refractivity contribution in [3.05, 3.63) is 59.7 Å². The average Bonchev–Trinajstić information content (AvgIpc) is 2.94. The van der Waals surface area contributed by atoms with E-state index in [1.54, 1.807) is 48.6 Å². The van der Waals surface area contributed by atoms with E-state index in [9.17, 15) is 9.59 Å². The number of rotatable bonds is 20. The lowest BCUT2D eigenvalue weighted by molar-refractivity contribution is -0.121. The Morgan fingerprint density at radius 2 is 1.08 bits per heavy atom. The van der Waals surface area contributed by atoms with Gasteiger partial charge in [0.05, 0.1) is 6.42 Å². The normalized spacial score (nSPS) is 11.2. The van der Waals surface area contributed by atoms with Crippen LogP contribution in [0.3, 0.4) is 0 Å². The second-order valence-corrected chi connectivity index (χ2v) is 8.46. The standard InChI is InChI=1S/C27H34Cl2N4O6/c28-32-11-15-38-25-8-4-20(17-26(25)37-14-10-31)1-5-22(34)19-23(35)6-2-21-3-7-24(36-13-9-30)27(18-21)39-16-12-33-29/h1-8,17-18,32-33H,9-16,19,30-31H2/b5-1+,6-2+. The van der Waals surface area contributed by atoms with E-state index >= 15 is 0 Å². The van der Waals surface area contributed by atoms with E-state index in [4.69, 9.17) is 54.0 Å². The molecule has 0 saturated heterocycles. The van der Waals surface area contributed by atoms with Crippen molar-refractivity contribution in [1.29, 1.82) is 0 Å². The first-order valence-corrected chi connectivity index (χ1v) is 13.0. The number of carbonyl (C=O) groups is 2. The van der Waals surface area contributed by atoms with E-state index in [1.165, 1.54) is 12.2 Å². The summed E-state index contributed by atoms with van der Waals surface area (Å²) in [5, 5.41) is 0. The van der Waals surface area contributed by atoms with Gasteiger partial charge in [0.15, 0.2) is 34.6 Å². The Labute approximate surface area is 238 Å². The van der Waals surface area contributed by atoms with E-state index in [-0.39, 0.29) is 18.0 Å². The third kappa shape index (κ3) is 12.5. The Hall–Kier alpha value is -3.12. The molecular formula is C27H34Cl2N4O6. The zero-order valence-electron chi connectivity index (χ0n) is 21.5. The van der Waals surface area contributed by atoms with Crippen molar-refractivity contribution >= 4 is 47.3 Å². The van der Waals surface area contributed by atoms with Gasteiger partial charge in [-0.1, -0.05) is 24.3 Å². The molecule has 0 fully saturated rings. The number of benzene rings is 2. The minimum Gasteiger partial charge on any atom is -0.488 e. The minimum atomic E-state index is -0.342. The quantitative estimate of drug-likeness (QED) is 0.0797. The maximum atomic E-state index is 12.4. The zero-order valence-corrected chi connectivity index (χ0v) is 23.0. The molecule has 2 rings (SSSR count). The van der Waals surface area contributed by atoms with Gasteiger partial charge in [-0.15, -0.1) is 0 Å². The van der Waals surface area contributed by atoms with Gasteiger partial charge in [-0.05, 0) is 71.1 Å². The molecule has 0 aliphatic heterocycles. The molecule has 0 spiro atoms. The van der Waals surface area contributed by atoms with Gasteiger partial charge in [0.2, 0.25) is 0 Å². The summed E-state index contributed by atoms with van der Waals surface area (Å²) < 4.78 is 22.6. The van der Waals surface area contributed by atoms with Crippen molar-refractivity contribution in [2.45, 2.75) is 6.42 Å². The van der Waals surface area contributed by atoms with E-state index < -0.39 is 0 Å². The zero-order chi connectivity index (χ0) is 28.3. The maximum absolute atomic E-state index is 12.4. The smallest absolute Gasteiger partial charge is 0.163 e. The summed E-state index contributed by atoms with van der Waals surface area (Å²) in [5.41, 5.74) is 12.5. The molecule has 0 saturated carbocycles. The largest absolute Gasteiger partial charge is 0.488 e. The van der Waals surface area contributed by atoms with Crippen LogP contribution in [0.2, 0.25) is 0 Å². The molecule has 0 radical (unpaired) electrons. The molecule has 0 bridgehead atoms. The van der Waals surface area contributed by atoms with Crippen LogP contribution in [-0.2, 0) is 9.59 Å². The van der Waals surface area contributed by atoms with Crippen LogP contribution in [0, 0.1) is 0 Å². The molecule has 2 aromatic rings. The third-order valence-corrected chi connectivity index (χ3v) is 5.24. The third-order valence-electron chi connectivity index (χ3n) is 4.87. The van der Waals surface area contributed by atoms with Crippen LogP contribution >= 0.6 is 23.6 Å². The second kappa shape index (κ2) is 19.0. The highest BCUT2D eigenvalue weighted by atomic mass is 35.5. The molecule has 12 heteroatoms. The Morgan fingerprint density at radius 3 is 1.51 bits per heavy atom. The van der Waals surface area contributed by atoms with Crippen molar-refractivity contribution in [2.24, 2.45) is 11.5 Å². The van der Waals surface area contributed by atoms with Gasteiger partial charge in [-0.25, -0.2) is 9.67 Å². The van der Waals surface area contributed by atoms with Crippen LogP contribution in [0.1, 0.15) is 17.5 Å². The van der Waals surface area contributed by atoms with Crippen molar-refractivity contribution in [2.75, 3.05) is 52.6 Å². The Bertz CT molecular complexity index is 1110. The SMILES string of the molecule is NCCOc1cc(/C=C/C(=O)CC(=O)/C=C/c2ccc(OCCN)c(OCCNCl)c2)ccc1OCCNCl. The molecule has 0 aromatic heterocycles. The van der Waals surface area contributed by atoms with Crippen molar-refractivity contribution < 1.29 is 28.5 Å². The first-order valence-electron chi connectivity index (χ1n) is 12.3. The van der Waals surface area contributed by atoms with Gasteiger partial charge in [-0.2, -0.15) is 0 Å². The summed E-state index contributed by atoms with van der Waals surface area (Å²) >= 11 is 10.9. The fourth-order valence-electron chi connectivity index (χ4n) is 3.13. The molecule has 10 nitrogen and oxygen atoms in total. The number of ketones is 2. The van der Waals surface area contributed by atoms with Gasteiger partial charge in [0.25, 0.3) is 0 Å². The predicted octanol–water partition coefficient (Wildman–Crippen LogP) is 2.86. The first-order chi connectivity index (χ1) is 19.0. The number of allylic oxidation sites excluding steroid dienone is 2. The van der Waals surface area contributed by atoms with Gasteiger partial charge >= 0.3 is 0 Å². The fraction of sp³-hybridized carbons (Fsp3) is 0.333. The van der Waals surface area contributed by atoms with Crippen LogP contribution in [0.15, 0.2) is 48.6 Å². The second-order valence-electron chi connectivity index (χ2n) is 7.93. The van der Waals surface area contributed by atoms with Gasteiger partial charge in [-0.3, -0.25) is 9.59 Å². The Balaban J connectivity index is 2.00. The molecule has 0 unspecified atom stereocenters. The summed E-state index contributed by atoms with van der Waals surface area (Å²) in [4.78, 5) is 29.7. The van der Waals surface area contributed by atoms with Crippen LogP contribution in [0.4, 0.5) is 0 Å². The molecule has 0 atom stereocenters. The van der Waals surface area contributed by atoms with E-state index in [0.717, 1.165) is 0 Å². The van der Waals surface area contributed by atoms with Crippen LogP contribution in [-0.4, -0.2) is 64.2 Å². The lowest BCUT2D eigenvalue weighted by atomic mass is 10.1. The van der Waals surface area contributed by atoms with Gasteiger partial charge in [0, 0.05) is 26.2 Å². The number of nitrogens with one attached hydrogen (secondary N) is 2. The summed E-state index contributed by atoms with van der Waals surface area (Å²) in [6, 6.07) is 10.5. The highest BCUT2D eigenvalue weighted by molar-refractivity contribution is 6.13. The molecule has 2 aromatic carbocycles. The van der Waals surface area contributed by atoms with Crippen LogP contribution in [0.25, 0.3) is 12.2 Å². The van der Waals surface area contributed by atoms with Crippen molar-refractivity contribution in [3.8, 4) is 23.0 Å². The highest BCUT2D eigenvalue weighted by Crippen LogP contribution is 2.30.